The van der Waals surface area contributed by atoms with Gasteiger partial charge in [-0.2, -0.15) is 0 Å². The monoisotopic (exact) mass is 228 g/mol. The van der Waals surface area contributed by atoms with Crippen LogP contribution in [-0.4, -0.2) is 18.5 Å². The summed E-state index contributed by atoms with van der Waals surface area (Å²) in [4.78, 5) is 11.6. The van der Waals surface area contributed by atoms with E-state index >= 15 is 0 Å². The van der Waals surface area contributed by atoms with Gasteiger partial charge in [0.15, 0.2) is 0 Å². The zero-order valence-corrected chi connectivity index (χ0v) is 11.5. The third kappa shape index (κ3) is 6.11. The molecule has 0 heterocycles. The molecule has 0 fully saturated rings. The number of carbonyl (C=O) groups excluding carboxylic acids is 1. The highest BCUT2D eigenvalue weighted by Gasteiger charge is 2.23. The van der Waals surface area contributed by atoms with E-state index in [1.807, 2.05) is 0 Å². The summed E-state index contributed by atoms with van der Waals surface area (Å²) >= 11 is 0. The Kier molecular flexibility index (Phi) is 6.65. The van der Waals surface area contributed by atoms with Crippen molar-refractivity contribution in [3.8, 4) is 0 Å². The highest BCUT2D eigenvalue weighted by molar-refractivity contribution is 5.76. The Bertz CT molecular complexity index is 204. The van der Waals surface area contributed by atoms with Crippen molar-refractivity contribution in [1.29, 1.82) is 0 Å². The average molecular weight is 228 g/mol. The van der Waals surface area contributed by atoms with Crippen molar-refractivity contribution in [2.45, 2.75) is 59.9 Å². The maximum Gasteiger partial charge on any atom is 0.221 e. The molecule has 0 saturated heterocycles. The second-order valence-corrected chi connectivity index (χ2v) is 5.66. The fourth-order valence-corrected chi connectivity index (χ4v) is 1.41. The predicted octanol–water partition coefficient (Wildman–Crippen LogP) is 2.30. The summed E-state index contributed by atoms with van der Waals surface area (Å²) in [7, 11) is 0. The van der Waals surface area contributed by atoms with Crippen molar-refractivity contribution in [2.24, 2.45) is 17.1 Å². The Morgan fingerprint density at radius 1 is 1.25 bits per heavy atom. The maximum absolute atomic E-state index is 11.6. The van der Waals surface area contributed by atoms with Gasteiger partial charge in [0.05, 0.1) is 0 Å². The van der Waals surface area contributed by atoms with Crippen LogP contribution in [0.2, 0.25) is 0 Å². The van der Waals surface area contributed by atoms with E-state index in [4.69, 9.17) is 5.73 Å². The van der Waals surface area contributed by atoms with Crippen LogP contribution in [-0.2, 0) is 4.79 Å². The molecule has 1 amide bonds. The van der Waals surface area contributed by atoms with Gasteiger partial charge in [-0.25, -0.2) is 0 Å². The van der Waals surface area contributed by atoms with Gasteiger partial charge in [0.25, 0.3) is 0 Å². The van der Waals surface area contributed by atoms with Crippen LogP contribution in [0.3, 0.4) is 0 Å². The SMILES string of the molecule is CCC(CC)CNC(=O)CC(N)C(C)(C)C. The molecule has 1 atom stereocenters. The largest absolute Gasteiger partial charge is 0.356 e. The minimum atomic E-state index is -0.0748. The summed E-state index contributed by atoms with van der Waals surface area (Å²) in [6.07, 6.45) is 2.65. The van der Waals surface area contributed by atoms with Crippen LogP contribution in [0.5, 0.6) is 0 Å². The Hall–Kier alpha value is -0.570. The van der Waals surface area contributed by atoms with Crippen molar-refractivity contribution in [3.05, 3.63) is 0 Å². The molecule has 0 aliphatic heterocycles. The number of nitrogens with one attached hydrogen (secondary N) is 1. The lowest BCUT2D eigenvalue weighted by atomic mass is 9.85. The molecule has 0 aromatic heterocycles. The molecule has 1 unspecified atom stereocenters. The quantitative estimate of drug-likeness (QED) is 0.733. The molecule has 0 bridgehead atoms. The zero-order valence-electron chi connectivity index (χ0n) is 11.5. The van der Waals surface area contributed by atoms with E-state index in [-0.39, 0.29) is 17.4 Å². The number of hydrogen-bond donors (Lipinski definition) is 2. The Balaban J connectivity index is 3.91. The van der Waals surface area contributed by atoms with Crippen LogP contribution in [0.25, 0.3) is 0 Å². The van der Waals surface area contributed by atoms with Crippen LogP contribution < -0.4 is 11.1 Å². The van der Waals surface area contributed by atoms with Gasteiger partial charge in [-0.3, -0.25) is 4.79 Å². The first-order chi connectivity index (χ1) is 7.31. The fourth-order valence-electron chi connectivity index (χ4n) is 1.41. The van der Waals surface area contributed by atoms with E-state index in [1.165, 1.54) is 0 Å². The van der Waals surface area contributed by atoms with Gasteiger partial charge in [0.2, 0.25) is 5.91 Å². The number of nitrogens with two attached hydrogens (primary N) is 1. The first-order valence-electron chi connectivity index (χ1n) is 6.33. The molecule has 0 spiro atoms. The van der Waals surface area contributed by atoms with Crippen molar-refractivity contribution in [1.82, 2.24) is 5.32 Å². The summed E-state index contributed by atoms with van der Waals surface area (Å²) in [6, 6.07) is -0.0748. The van der Waals surface area contributed by atoms with Crippen molar-refractivity contribution >= 4 is 5.91 Å². The minimum absolute atomic E-state index is 0.00768. The molecule has 0 saturated carbocycles. The van der Waals surface area contributed by atoms with Crippen molar-refractivity contribution in [2.75, 3.05) is 6.54 Å². The smallest absolute Gasteiger partial charge is 0.221 e. The lowest BCUT2D eigenvalue weighted by Crippen LogP contribution is -2.41. The highest BCUT2D eigenvalue weighted by atomic mass is 16.1. The van der Waals surface area contributed by atoms with E-state index in [2.05, 4.69) is 39.9 Å². The van der Waals surface area contributed by atoms with Crippen LogP contribution in [0.4, 0.5) is 0 Å². The third-order valence-electron chi connectivity index (χ3n) is 3.26. The maximum atomic E-state index is 11.6. The highest BCUT2D eigenvalue weighted by Crippen LogP contribution is 2.19. The Morgan fingerprint density at radius 2 is 1.75 bits per heavy atom. The summed E-state index contributed by atoms with van der Waals surface area (Å²) in [5, 5.41) is 2.97. The van der Waals surface area contributed by atoms with E-state index < -0.39 is 0 Å². The number of carbonyl (C=O) groups is 1. The van der Waals surface area contributed by atoms with E-state index in [0.717, 1.165) is 19.4 Å². The number of hydrogen-bond acceptors (Lipinski definition) is 2. The fraction of sp³-hybridized carbons (Fsp3) is 0.923. The van der Waals surface area contributed by atoms with Crippen LogP contribution in [0.1, 0.15) is 53.9 Å². The molecule has 3 N–H and O–H groups in total. The van der Waals surface area contributed by atoms with Gasteiger partial charge >= 0.3 is 0 Å². The molecule has 0 aromatic carbocycles. The first kappa shape index (κ1) is 15.4. The summed E-state index contributed by atoms with van der Waals surface area (Å²) in [5.41, 5.74) is 5.95. The second kappa shape index (κ2) is 6.89. The minimum Gasteiger partial charge on any atom is -0.356 e. The van der Waals surface area contributed by atoms with Gasteiger partial charge in [-0.15, -0.1) is 0 Å². The molecular formula is C13H28N2O. The number of amides is 1. The second-order valence-electron chi connectivity index (χ2n) is 5.66. The van der Waals surface area contributed by atoms with Gasteiger partial charge in [0, 0.05) is 19.0 Å². The van der Waals surface area contributed by atoms with Crippen LogP contribution in [0, 0.1) is 11.3 Å². The average Bonchev–Trinajstić information content (AvgIpc) is 2.17. The first-order valence-corrected chi connectivity index (χ1v) is 6.33. The molecule has 0 aromatic rings. The Morgan fingerprint density at radius 3 is 2.12 bits per heavy atom. The lowest BCUT2D eigenvalue weighted by Gasteiger charge is -2.26. The molecular weight excluding hydrogens is 200 g/mol. The zero-order chi connectivity index (χ0) is 12.8. The Labute approximate surface area is 100 Å². The van der Waals surface area contributed by atoms with Gasteiger partial charge in [-0.1, -0.05) is 47.5 Å². The van der Waals surface area contributed by atoms with Crippen molar-refractivity contribution in [3.63, 3.8) is 0 Å². The van der Waals surface area contributed by atoms with Gasteiger partial charge < -0.3 is 11.1 Å². The molecule has 0 aliphatic rings. The molecule has 3 heteroatoms. The third-order valence-corrected chi connectivity index (χ3v) is 3.26. The molecule has 0 aliphatic carbocycles. The topological polar surface area (TPSA) is 55.1 Å². The van der Waals surface area contributed by atoms with Crippen molar-refractivity contribution < 1.29 is 4.79 Å². The molecule has 96 valence electrons. The molecule has 16 heavy (non-hydrogen) atoms. The molecule has 0 radical (unpaired) electrons. The lowest BCUT2D eigenvalue weighted by molar-refractivity contribution is -0.122. The summed E-state index contributed by atoms with van der Waals surface area (Å²) < 4.78 is 0. The predicted molar refractivity (Wildman–Crippen MR) is 69.1 cm³/mol. The van der Waals surface area contributed by atoms with E-state index in [1.54, 1.807) is 0 Å². The standard InChI is InChI=1S/C13H28N2O/c1-6-10(7-2)9-15-12(16)8-11(14)13(3,4)5/h10-11H,6-9,14H2,1-5H3,(H,15,16). The van der Waals surface area contributed by atoms with Crippen LogP contribution in [0.15, 0.2) is 0 Å². The normalized spacial score (nSPS) is 13.9. The molecule has 0 rings (SSSR count). The number of rotatable bonds is 6. The molecule has 3 nitrogen and oxygen atoms in total. The van der Waals surface area contributed by atoms with Crippen LogP contribution >= 0.6 is 0 Å². The van der Waals surface area contributed by atoms with Gasteiger partial charge in [-0.05, 0) is 11.3 Å². The van der Waals surface area contributed by atoms with Gasteiger partial charge in [0.1, 0.15) is 0 Å². The summed E-state index contributed by atoms with van der Waals surface area (Å²) in [5.74, 6) is 0.670. The van der Waals surface area contributed by atoms with E-state index in [0.29, 0.717) is 12.3 Å². The summed E-state index contributed by atoms with van der Waals surface area (Å²) in [6.45, 7) is 11.3. The van der Waals surface area contributed by atoms with E-state index in [9.17, 15) is 4.79 Å².